The van der Waals surface area contributed by atoms with Crippen LogP contribution < -0.4 is 20.1 Å². The number of carbonyl (C=O) groups excluding carboxylic acids is 2. The van der Waals surface area contributed by atoms with Crippen LogP contribution in [0.1, 0.15) is 11.1 Å². The molecule has 0 fully saturated rings. The largest absolute Gasteiger partial charge is 0.484 e. The predicted molar refractivity (Wildman–Crippen MR) is 135 cm³/mol. The van der Waals surface area contributed by atoms with Gasteiger partial charge in [-0.15, -0.1) is 0 Å². The Balaban J connectivity index is 1.40. The van der Waals surface area contributed by atoms with Gasteiger partial charge >= 0.3 is 0 Å². The monoisotopic (exact) mass is 454 g/mol. The summed E-state index contributed by atoms with van der Waals surface area (Å²) < 4.78 is 11.1. The van der Waals surface area contributed by atoms with Crippen LogP contribution in [0.3, 0.4) is 0 Å². The molecule has 4 rings (SSSR count). The molecule has 0 saturated heterocycles. The van der Waals surface area contributed by atoms with E-state index in [1.807, 2.05) is 98.8 Å². The van der Waals surface area contributed by atoms with Crippen LogP contribution in [0.5, 0.6) is 11.5 Å². The van der Waals surface area contributed by atoms with E-state index in [-0.39, 0.29) is 25.0 Å². The Bertz CT molecular complexity index is 1200. The number of fused-ring (bicyclic) bond motifs is 1. The maximum atomic E-state index is 12.5. The maximum absolute atomic E-state index is 12.5. The molecule has 0 saturated carbocycles. The number of anilines is 2. The van der Waals surface area contributed by atoms with Crippen LogP contribution in [-0.4, -0.2) is 25.0 Å². The van der Waals surface area contributed by atoms with Crippen LogP contribution in [0.4, 0.5) is 11.4 Å². The van der Waals surface area contributed by atoms with E-state index in [2.05, 4.69) is 10.6 Å². The Morgan fingerprint density at radius 2 is 0.971 bits per heavy atom. The fourth-order valence-corrected chi connectivity index (χ4v) is 3.47. The summed E-state index contributed by atoms with van der Waals surface area (Å²) in [6, 6.07) is 26.1. The molecule has 0 bridgehead atoms. The summed E-state index contributed by atoms with van der Waals surface area (Å²) in [4.78, 5) is 25.0. The molecule has 0 aliphatic rings. The fraction of sp³-hybridized carbons (Fsp3) is 0.143. The Morgan fingerprint density at radius 3 is 1.35 bits per heavy atom. The summed E-state index contributed by atoms with van der Waals surface area (Å²) in [6.07, 6.45) is 0. The lowest BCUT2D eigenvalue weighted by Gasteiger charge is -2.13. The highest BCUT2D eigenvalue weighted by Crippen LogP contribution is 2.29. The van der Waals surface area contributed by atoms with Gasteiger partial charge in [0, 0.05) is 22.1 Å². The van der Waals surface area contributed by atoms with E-state index in [0.717, 1.165) is 21.9 Å². The van der Waals surface area contributed by atoms with Gasteiger partial charge in [-0.2, -0.15) is 0 Å². The normalized spacial score (nSPS) is 10.5. The van der Waals surface area contributed by atoms with E-state index in [1.165, 1.54) is 0 Å². The number of benzene rings is 4. The first-order chi connectivity index (χ1) is 16.5. The van der Waals surface area contributed by atoms with Crippen LogP contribution in [0.25, 0.3) is 10.8 Å². The van der Waals surface area contributed by atoms with Crippen molar-refractivity contribution < 1.29 is 19.1 Å². The number of ether oxygens (including phenoxy) is 2. The minimum atomic E-state index is -0.269. The zero-order valence-electron chi connectivity index (χ0n) is 19.1. The van der Waals surface area contributed by atoms with Gasteiger partial charge in [0.1, 0.15) is 11.5 Å². The molecule has 4 aromatic rings. The Morgan fingerprint density at radius 1 is 0.588 bits per heavy atom. The summed E-state index contributed by atoms with van der Waals surface area (Å²) in [5.74, 6) is 0.732. The van der Waals surface area contributed by atoms with E-state index in [1.54, 1.807) is 0 Å². The van der Waals surface area contributed by atoms with E-state index in [0.29, 0.717) is 22.9 Å². The molecule has 4 aromatic carbocycles. The molecule has 0 atom stereocenters. The van der Waals surface area contributed by atoms with Crippen molar-refractivity contribution in [3.63, 3.8) is 0 Å². The van der Waals surface area contributed by atoms with Gasteiger partial charge in [-0.05, 0) is 50.2 Å². The van der Waals surface area contributed by atoms with Crippen molar-refractivity contribution in [1.29, 1.82) is 0 Å². The van der Waals surface area contributed by atoms with E-state index >= 15 is 0 Å². The average Bonchev–Trinajstić information content (AvgIpc) is 2.84. The first-order valence-electron chi connectivity index (χ1n) is 11.0. The molecule has 2 N–H and O–H groups in total. The van der Waals surface area contributed by atoms with Crippen molar-refractivity contribution in [3.05, 3.63) is 96.1 Å². The summed E-state index contributed by atoms with van der Waals surface area (Å²) in [5.41, 5.74) is 3.53. The van der Waals surface area contributed by atoms with Gasteiger partial charge in [-0.25, -0.2) is 0 Å². The molecule has 0 heterocycles. The molecule has 2 amide bonds. The highest BCUT2D eigenvalue weighted by atomic mass is 16.5. The quantitative estimate of drug-likeness (QED) is 0.369. The molecule has 172 valence electrons. The number of hydrogen-bond acceptors (Lipinski definition) is 4. The third-order valence-electron chi connectivity index (χ3n) is 5.25. The fourth-order valence-electron chi connectivity index (χ4n) is 3.47. The number of nitrogens with one attached hydrogen (secondary N) is 2. The molecule has 0 spiro atoms. The standard InChI is InChI=1S/C28H26N2O4/c1-19-9-13-21(14-10-19)33-17-27(31)29-25-7-3-6-24-23(25)5-4-8-26(24)30-28(32)18-34-22-15-11-20(2)12-16-22/h3-16H,17-18H2,1-2H3,(H,29,31)(H,30,32). The minimum Gasteiger partial charge on any atom is -0.484 e. The SMILES string of the molecule is Cc1ccc(OCC(=O)Nc2cccc3c(NC(=O)COc4ccc(C)cc4)cccc23)cc1. The molecule has 6 heteroatoms. The number of rotatable bonds is 8. The highest BCUT2D eigenvalue weighted by molar-refractivity contribution is 6.09. The Kier molecular flexibility index (Phi) is 7.08. The third kappa shape index (κ3) is 5.92. The van der Waals surface area contributed by atoms with Crippen molar-refractivity contribution in [1.82, 2.24) is 0 Å². The molecule has 0 radical (unpaired) electrons. The van der Waals surface area contributed by atoms with Crippen molar-refractivity contribution in [2.45, 2.75) is 13.8 Å². The summed E-state index contributed by atoms with van der Waals surface area (Å²) in [5, 5.41) is 7.41. The van der Waals surface area contributed by atoms with Crippen LogP contribution in [0.15, 0.2) is 84.9 Å². The second-order valence-electron chi connectivity index (χ2n) is 8.01. The summed E-state index contributed by atoms with van der Waals surface area (Å²) in [7, 11) is 0. The van der Waals surface area contributed by atoms with Crippen LogP contribution in [0, 0.1) is 13.8 Å². The van der Waals surface area contributed by atoms with Crippen LogP contribution in [0.2, 0.25) is 0 Å². The van der Waals surface area contributed by atoms with E-state index in [4.69, 9.17) is 9.47 Å². The first-order valence-corrected chi connectivity index (χ1v) is 11.0. The van der Waals surface area contributed by atoms with Gasteiger partial charge in [-0.1, -0.05) is 59.7 Å². The topological polar surface area (TPSA) is 76.7 Å². The van der Waals surface area contributed by atoms with Gasteiger partial charge in [0.05, 0.1) is 0 Å². The predicted octanol–water partition coefficient (Wildman–Crippen LogP) is 5.49. The zero-order valence-corrected chi connectivity index (χ0v) is 19.1. The highest BCUT2D eigenvalue weighted by Gasteiger charge is 2.11. The van der Waals surface area contributed by atoms with Gasteiger partial charge in [0.25, 0.3) is 11.8 Å². The second-order valence-corrected chi connectivity index (χ2v) is 8.01. The molecule has 34 heavy (non-hydrogen) atoms. The number of amides is 2. The van der Waals surface area contributed by atoms with Crippen molar-refractivity contribution >= 4 is 34.0 Å². The zero-order chi connectivity index (χ0) is 23.9. The molecule has 0 unspecified atom stereocenters. The smallest absolute Gasteiger partial charge is 0.262 e. The minimum absolute atomic E-state index is 0.105. The second kappa shape index (κ2) is 10.5. The summed E-state index contributed by atoms with van der Waals surface area (Å²) in [6.45, 7) is 3.77. The van der Waals surface area contributed by atoms with Gasteiger partial charge in [0.2, 0.25) is 0 Å². The molecule has 0 aromatic heterocycles. The van der Waals surface area contributed by atoms with Gasteiger partial charge in [0.15, 0.2) is 13.2 Å². The van der Waals surface area contributed by atoms with Gasteiger partial charge in [-0.3, -0.25) is 9.59 Å². The van der Waals surface area contributed by atoms with Crippen LogP contribution in [-0.2, 0) is 9.59 Å². The lowest BCUT2D eigenvalue weighted by Crippen LogP contribution is -2.21. The maximum Gasteiger partial charge on any atom is 0.262 e. The van der Waals surface area contributed by atoms with Crippen molar-refractivity contribution in [2.75, 3.05) is 23.8 Å². The number of aryl methyl sites for hydroxylation is 2. The average molecular weight is 455 g/mol. The van der Waals surface area contributed by atoms with Crippen molar-refractivity contribution in [2.24, 2.45) is 0 Å². The molecule has 0 aliphatic heterocycles. The molecule has 6 nitrogen and oxygen atoms in total. The Labute approximate surface area is 198 Å². The lowest BCUT2D eigenvalue weighted by molar-refractivity contribution is -0.118. The molecule has 0 aliphatic carbocycles. The molecular formula is C28H26N2O4. The van der Waals surface area contributed by atoms with E-state index < -0.39 is 0 Å². The summed E-state index contributed by atoms with van der Waals surface area (Å²) >= 11 is 0. The number of carbonyl (C=O) groups is 2. The third-order valence-corrected chi connectivity index (χ3v) is 5.25. The number of hydrogen-bond donors (Lipinski definition) is 2. The van der Waals surface area contributed by atoms with E-state index in [9.17, 15) is 9.59 Å². The van der Waals surface area contributed by atoms with Gasteiger partial charge < -0.3 is 20.1 Å². The van der Waals surface area contributed by atoms with Crippen LogP contribution >= 0.6 is 0 Å². The first kappa shape index (κ1) is 22.9. The Hall–Kier alpha value is -4.32. The van der Waals surface area contributed by atoms with Crippen molar-refractivity contribution in [3.8, 4) is 11.5 Å². The lowest BCUT2D eigenvalue weighted by atomic mass is 10.1. The molecular weight excluding hydrogens is 428 g/mol.